The van der Waals surface area contributed by atoms with E-state index in [1.165, 1.54) is 16.2 Å². The minimum absolute atomic E-state index is 0.0914. The molecule has 2 aromatic heterocycles. The fourth-order valence-electron chi connectivity index (χ4n) is 3.72. The average molecular weight is 413 g/mol. The summed E-state index contributed by atoms with van der Waals surface area (Å²) in [5.74, 6) is 0.651. The lowest BCUT2D eigenvalue weighted by molar-refractivity contribution is -0.384. The molecule has 29 heavy (non-hydrogen) atoms. The lowest BCUT2D eigenvalue weighted by atomic mass is 9.99. The minimum atomic E-state index is -0.456. The Hall–Kier alpha value is -2.93. The molecule has 0 saturated heterocycles. The van der Waals surface area contributed by atoms with E-state index in [4.69, 9.17) is 11.6 Å². The molecule has 150 valence electrons. The van der Waals surface area contributed by atoms with Gasteiger partial charge in [0.15, 0.2) is 5.82 Å². The first-order valence-electron chi connectivity index (χ1n) is 9.59. The highest BCUT2D eigenvalue weighted by Crippen LogP contribution is 2.29. The SMILES string of the molecule is CC(C)c1ccc2nc(Cl)c(Cc3cc([N+](=O)[O-])c4n(c3=O)CCCN4)cc2c1. The van der Waals surface area contributed by atoms with E-state index in [9.17, 15) is 14.9 Å². The molecule has 0 bridgehead atoms. The van der Waals surface area contributed by atoms with E-state index < -0.39 is 4.92 Å². The molecule has 1 N–H and O–H groups in total. The van der Waals surface area contributed by atoms with Crippen molar-refractivity contribution < 1.29 is 4.92 Å². The summed E-state index contributed by atoms with van der Waals surface area (Å²) in [7, 11) is 0. The van der Waals surface area contributed by atoms with Crippen molar-refractivity contribution in [3.63, 3.8) is 0 Å². The van der Waals surface area contributed by atoms with Crippen molar-refractivity contribution in [2.45, 2.75) is 39.2 Å². The number of rotatable bonds is 4. The standard InChI is InChI=1S/C21H21ClN4O3/c1-12(2)13-4-5-17-14(8-13)9-15(19(22)24-17)10-16-11-18(26(28)29)20-23-6-3-7-25(20)21(16)27/h4-5,8-9,11-12,23H,3,6-7,10H2,1-2H3. The third-order valence-corrected chi connectivity index (χ3v) is 5.63. The van der Waals surface area contributed by atoms with E-state index in [-0.39, 0.29) is 23.5 Å². The third-order valence-electron chi connectivity index (χ3n) is 5.30. The summed E-state index contributed by atoms with van der Waals surface area (Å²) in [4.78, 5) is 28.5. The average Bonchev–Trinajstić information content (AvgIpc) is 2.70. The molecular formula is C21H21ClN4O3. The molecule has 0 unspecified atom stereocenters. The van der Waals surface area contributed by atoms with Crippen molar-refractivity contribution in [1.29, 1.82) is 0 Å². The molecule has 0 amide bonds. The predicted octanol–water partition coefficient (Wildman–Crippen LogP) is 4.49. The molecule has 1 aromatic carbocycles. The molecule has 7 nitrogen and oxygen atoms in total. The molecule has 0 aliphatic carbocycles. The van der Waals surface area contributed by atoms with Crippen LogP contribution in [0.2, 0.25) is 5.15 Å². The Morgan fingerprint density at radius 3 is 2.79 bits per heavy atom. The van der Waals surface area contributed by atoms with E-state index in [1.54, 1.807) is 0 Å². The number of hydrogen-bond acceptors (Lipinski definition) is 5. The lowest BCUT2D eigenvalue weighted by Crippen LogP contribution is -2.32. The highest BCUT2D eigenvalue weighted by molar-refractivity contribution is 6.30. The zero-order chi connectivity index (χ0) is 20.7. The molecule has 0 atom stereocenters. The van der Waals surface area contributed by atoms with Crippen molar-refractivity contribution in [3.05, 3.63) is 72.6 Å². The molecule has 1 aliphatic rings. The van der Waals surface area contributed by atoms with Gasteiger partial charge < -0.3 is 5.32 Å². The number of fused-ring (bicyclic) bond motifs is 2. The normalized spacial score (nSPS) is 13.4. The summed E-state index contributed by atoms with van der Waals surface area (Å²) < 4.78 is 1.45. The Labute approximate surface area is 172 Å². The van der Waals surface area contributed by atoms with Crippen LogP contribution in [0.5, 0.6) is 0 Å². The largest absolute Gasteiger partial charge is 0.366 e. The van der Waals surface area contributed by atoms with Gasteiger partial charge in [-0.25, -0.2) is 4.98 Å². The molecule has 3 aromatic rings. The summed E-state index contributed by atoms with van der Waals surface area (Å²) in [5.41, 5.74) is 2.66. The maximum atomic E-state index is 12.9. The Bertz CT molecular complexity index is 1190. The molecule has 0 radical (unpaired) electrons. The summed E-state index contributed by atoms with van der Waals surface area (Å²) in [6.45, 7) is 5.30. The number of nitro groups is 1. The molecule has 0 spiro atoms. The van der Waals surface area contributed by atoms with Gasteiger partial charge in [-0.15, -0.1) is 0 Å². The van der Waals surface area contributed by atoms with E-state index in [2.05, 4.69) is 30.2 Å². The monoisotopic (exact) mass is 412 g/mol. The van der Waals surface area contributed by atoms with Crippen molar-refractivity contribution in [1.82, 2.24) is 9.55 Å². The molecule has 3 heterocycles. The number of anilines is 1. The number of benzene rings is 1. The minimum Gasteiger partial charge on any atom is -0.366 e. The molecule has 8 heteroatoms. The topological polar surface area (TPSA) is 90.1 Å². The first-order valence-corrected chi connectivity index (χ1v) is 9.97. The lowest BCUT2D eigenvalue weighted by Gasteiger charge is -2.20. The predicted molar refractivity (Wildman–Crippen MR) is 114 cm³/mol. The van der Waals surface area contributed by atoms with Crippen LogP contribution in [0.1, 0.15) is 42.9 Å². The van der Waals surface area contributed by atoms with Crippen LogP contribution in [-0.2, 0) is 13.0 Å². The molecular weight excluding hydrogens is 392 g/mol. The van der Waals surface area contributed by atoms with Crippen molar-refractivity contribution in [2.75, 3.05) is 11.9 Å². The second kappa shape index (κ2) is 7.48. The zero-order valence-electron chi connectivity index (χ0n) is 16.2. The molecule has 0 fully saturated rings. The maximum Gasteiger partial charge on any atom is 0.310 e. The quantitative estimate of drug-likeness (QED) is 0.387. The Morgan fingerprint density at radius 1 is 1.28 bits per heavy atom. The first-order chi connectivity index (χ1) is 13.8. The second-order valence-electron chi connectivity index (χ2n) is 7.62. The zero-order valence-corrected chi connectivity index (χ0v) is 17.0. The van der Waals surface area contributed by atoms with Crippen LogP contribution in [0.4, 0.5) is 11.5 Å². The smallest absolute Gasteiger partial charge is 0.310 e. The number of halogens is 1. The van der Waals surface area contributed by atoms with Gasteiger partial charge in [0.1, 0.15) is 5.15 Å². The second-order valence-corrected chi connectivity index (χ2v) is 7.98. The Balaban J connectivity index is 1.82. The van der Waals surface area contributed by atoms with Gasteiger partial charge in [0.25, 0.3) is 5.56 Å². The molecule has 1 aliphatic heterocycles. The highest BCUT2D eigenvalue weighted by Gasteiger charge is 2.25. The number of pyridine rings is 2. The maximum absolute atomic E-state index is 12.9. The molecule has 4 rings (SSSR count). The van der Waals surface area contributed by atoms with Gasteiger partial charge in [0.05, 0.1) is 10.4 Å². The van der Waals surface area contributed by atoms with Gasteiger partial charge in [-0.2, -0.15) is 0 Å². The number of aromatic nitrogens is 2. The van der Waals surface area contributed by atoms with E-state index >= 15 is 0 Å². The van der Waals surface area contributed by atoms with Gasteiger partial charge >= 0.3 is 5.69 Å². The van der Waals surface area contributed by atoms with Gasteiger partial charge in [-0.1, -0.05) is 31.5 Å². The summed E-state index contributed by atoms with van der Waals surface area (Å²) in [6.07, 6.45) is 0.928. The van der Waals surface area contributed by atoms with E-state index in [0.717, 1.165) is 17.3 Å². The van der Waals surface area contributed by atoms with Crippen LogP contribution in [0.25, 0.3) is 10.9 Å². The Kier molecular flexibility index (Phi) is 5.00. The van der Waals surface area contributed by atoms with Gasteiger partial charge in [-0.05, 0) is 41.7 Å². The van der Waals surface area contributed by atoms with Crippen LogP contribution in [0.15, 0.2) is 35.1 Å². The third kappa shape index (κ3) is 3.58. The van der Waals surface area contributed by atoms with E-state index in [0.29, 0.717) is 35.3 Å². The number of nitrogens with one attached hydrogen (secondary N) is 1. The van der Waals surface area contributed by atoms with E-state index in [1.807, 2.05) is 18.2 Å². The number of nitrogens with zero attached hydrogens (tertiary/aromatic N) is 3. The number of hydrogen-bond donors (Lipinski definition) is 1. The molecule has 0 saturated carbocycles. The van der Waals surface area contributed by atoms with Crippen LogP contribution in [-0.4, -0.2) is 21.0 Å². The summed E-state index contributed by atoms with van der Waals surface area (Å²) in [5, 5.41) is 15.8. The fraction of sp³-hybridized carbons (Fsp3) is 0.333. The van der Waals surface area contributed by atoms with Crippen molar-refractivity contribution >= 4 is 34.0 Å². The van der Waals surface area contributed by atoms with Crippen LogP contribution in [0, 0.1) is 10.1 Å². The fourth-order valence-corrected chi connectivity index (χ4v) is 3.93. The Morgan fingerprint density at radius 2 is 2.07 bits per heavy atom. The van der Waals surface area contributed by atoms with Crippen LogP contribution in [0.3, 0.4) is 0 Å². The first kappa shape index (κ1) is 19.4. The highest BCUT2D eigenvalue weighted by atomic mass is 35.5. The summed E-state index contributed by atoms with van der Waals surface area (Å²) in [6, 6.07) is 9.31. The van der Waals surface area contributed by atoms with Gasteiger partial charge in [0, 0.05) is 36.5 Å². The van der Waals surface area contributed by atoms with Crippen molar-refractivity contribution in [3.8, 4) is 0 Å². The van der Waals surface area contributed by atoms with Gasteiger partial charge in [-0.3, -0.25) is 19.5 Å². The van der Waals surface area contributed by atoms with Gasteiger partial charge in [0.2, 0.25) is 0 Å². The van der Waals surface area contributed by atoms with Crippen LogP contribution >= 0.6 is 11.6 Å². The van der Waals surface area contributed by atoms with Crippen molar-refractivity contribution in [2.24, 2.45) is 0 Å². The van der Waals surface area contributed by atoms with Crippen LogP contribution < -0.4 is 10.9 Å². The summed E-state index contributed by atoms with van der Waals surface area (Å²) >= 11 is 6.39.